The quantitative estimate of drug-likeness (QED) is 0.790. The number of nitrogens with two attached hydrogens (primary N) is 1. The summed E-state index contributed by atoms with van der Waals surface area (Å²) in [6.07, 6.45) is 1.11. The molecule has 0 heterocycles. The number of rotatable bonds is 5. The van der Waals surface area contributed by atoms with E-state index in [1.54, 1.807) is 0 Å². The molecule has 2 aromatic rings. The first-order valence-electron chi connectivity index (χ1n) is 6.08. The third-order valence-electron chi connectivity index (χ3n) is 2.88. The van der Waals surface area contributed by atoms with E-state index in [-0.39, 0.29) is 0 Å². The second-order valence-electron chi connectivity index (χ2n) is 4.10. The van der Waals surface area contributed by atoms with Gasteiger partial charge in [-0.05, 0) is 19.0 Å². The summed E-state index contributed by atoms with van der Waals surface area (Å²) in [6.45, 7) is 0.786. The van der Waals surface area contributed by atoms with Gasteiger partial charge in [-0.2, -0.15) is 0 Å². The second kappa shape index (κ2) is 6.38. The Hall–Kier alpha value is -1.38. The molecule has 87 valence electrons. The van der Waals surface area contributed by atoms with Gasteiger partial charge in [0.25, 0.3) is 0 Å². The molecule has 2 rings (SSSR count). The molecular weight excluding hydrogens is 222 g/mol. The Labute approximate surface area is 105 Å². The predicted octanol–water partition coefficient (Wildman–Crippen LogP) is 1.64. The largest absolute Gasteiger partial charge is 0.330 e. The monoisotopic (exact) mass is 240 g/mol. The van der Waals surface area contributed by atoms with Crippen LogP contribution in [0.5, 0.6) is 0 Å². The number of benzene rings is 2. The van der Waals surface area contributed by atoms with Gasteiger partial charge in [-0.25, -0.2) is 0 Å². The van der Waals surface area contributed by atoms with Crippen LogP contribution in [0.1, 0.15) is 6.42 Å². The molecule has 0 unspecified atom stereocenters. The first-order valence-corrected chi connectivity index (χ1v) is 7.79. The zero-order valence-corrected chi connectivity index (χ0v) is 11.0. The summed E-state index contributed by atoms with van der Waals surface area (Å²) in [5.74, 6) is 0. The smallest absolute Gasteiger partial charge is 0.121 e. The van der Waals surface area contributed by atoms with Crippen LogP contribution in [-0.2, 0) is 0 Å². The van der Waals surface area contributed by atoms with Crippen molar-refractivity contribution in [2.45, 2.75) is 12.5 Å². The molecule has 0 amide bonds. The van der Waals surface area contributed by atoms with E-state index in [2.05, 4.69) is 60.7 Å². The van der Waals surface area contributed by atoms with Gasteiger partial charge >= 0.3 is 0 Å². The van der Waals surface area contributed by atoms with Crippen LogP contribution in [0.15, 0.2) is 60.7 Å². The first-order chi connectivity index (χ1) is 8.42. The Kier molecular flexibility index (Phi) is 4.53. The Morgan fingerprint density at radius 2 is 1.24 bits per heavy atom. The number of hydrogen-bond acceptors (Lipinski definition) is 1. The fourth-order valence-electron chi connectivity index (χ4n) is 2.01. The molecule has 0 aliphatic rings. The van der Waals surface area contributed by atoms with Gasteiger partial charge in [0.15, 0.2) is 0 Å². The Bertz CT molecular complexity index is 388. The van der Waals surface area contributed by atoms with Crippen LogP contribution in [0, 0.1) is 0 Å². The van der Waals surface area contributed by atoms with Crippen LogP contribution < -0.4 is 16.1 Å². The lowest BCUT2D eigenvalue weighted by Crippen LogP contribution is -2.42. The molecule has 2 N–H and O–H groups in total. The normalized spacial score (nSPS) is 10.7. The minimum Gasteiger partial charge on any atom is -0.330 e. The molecule has 0 atom stereocenters. The molecule has 1 nitrogen and oxygen atoms in total. The van der Waals surface area contributed by atoms with Crippen LogP contribution in [0.4, 0.5) is 0 Å². The van der Waals surface area contributed by atoms with Crippen LogP contribution >= 0.6 is 0 Å². The number of hydrogen-bond donors (Lipinski definition) is 1. The van der Waals surface area contributed by atoms with E-state index in [9.17, 15) is 0 Å². The highest BCUT2D eigenvalue weighted by atomic mass is 28.3. The maximum atomic E-state index is 5.65. The van der Waals surface area contributed by atoms with Crippen molar-refractivity contribution in [2.75, 3.05) is 6.54 Å². The molecule has 0 saturated carbocycles. The van der Waals surface area contributed by atoms with Gasteiger partial charge in [-0.3, -0.25) is 0 Å². The summed E-state index contributed by atoms with van der Waals surface area (Å²) >= 11 is 0. The molecule has 0 fully saturated rings. The molecule has 0 aliphatic carbocycles. The second-order valence-corrected chi connectivity index (χ2v) is 6.71. The van der Waals surface area contributed by atoms with E-state index in [1.165, 1.54) is 16.4 Å². The molecule has 2 aromatic carbocycles. The molecule has 2 heteroatoms. The van der Waals surface area contributed by atoms with Crippen molar-refractivity contribution in [3.8, 4) is 0 Å². The van der Waals surface area contributed by atoms with Crippen molar-refractivity contribution in [1.29, 1.82) is 0 Å². The third kappa shape index (κ3) is 3.28. The predicted molar refractivity (Wildman–Crippen MR) is 76.4 cm³/mol. The summed E-state index contributed by atoms with van der Waals surface area (Å²) in [4.78, 5) is 0. The minimum absolute atomic E-state index is 0.642. The highest BCUT2D eigenvalue weighted by Crippen LogP contribution is 2.00. The van der Waals surface area contributed by atoms with Gasteiger partial charge in [0.2, 0.25) is 0 Å². The molecule has 0 spiro atoms. The fraction of sp³-hybridized carbons (Fsp3) is 0.200. The Morgan fingerprint density at radius 1 is 0.765 bits per heavy atom. The zero-order valence-electron chi connectivity index (χ0n) is 9.97. The SMILES string of the molecule is NCCC[Si](c1ccccc1)c1ccccc1. The van der Waals surface area contributed by atoms with Crippen molar-refractivity contribution < 1.29 is 0 Å². The molecule has 0 bridgehead atoms. The molecule has 0 aromatic heterocycles. The van der Waals surface area contributed by atoms with Crippen LogP contribution in [0.3, 0.4) is 0 Å². The van der Waals surface area contributed by atoms with Crippen molar-refractivity contribution in [3.63, 3.8) is 0 Å². The van der Waals surface area contributed by atoms with Gasteiger partial charge in [-0.1, -0.05) is 71.0 Å². The topological polar surface area (TPSA) is 26.0 Å². The van der Waals surface area contributed by atoms with E-state index < -0.39 is 8.80 Å². The van der Waals surface area contributed by atoms with Crippen molar-refractivity contribution in [1.82, 2.24) is 0 Å². The summed E-state index contributed by atoms with van der Waals surface area (Å²) in [5.41, 5.74) is 5.65. The summed E-state index contributed by atoms with van der Waals surface area (Å²) in [7, 11) is -0.642. The molecular formula is C15H18NSi. The van der Waals surface area contributed by atoms with Crippen molar-refractivity contribution in [3.05, 3.63) is 60.7 Å². The molecule has 1 radical (unpaired) electrons. The molecule has 17 heavy (non-hydrogen) atoms. The zero-order chi connectivity index (χ0) is 11.9. The van der Waals surface area contributed by atoms with Gasteiger partial charge in [0.1, 0.15) is 8.80 Å². The minimum atomic E-state index is -0.642. The average molecular weight is 240 g/mol. The summed E-state index contributed by atoms with van der Waals surface area (Å²) in [5, 5.41) is 2.97. The van der Waals surface area contributed by atoms with E-state index in [1.807, 2.05) is 0 Å². The first kappa shape index (κ1) is 12.1. The van der Waals surface area contributed by atoms with Crippen LogP contribution in [0.25, 0.3) is 0 Å². The lowest BCUT2D eigenvalue weighted by molar-refractivity contribution is 0.924. The summed E-state index contributed by atoms with van der Waals surface area (Å²) in [6, 6.07) is 22.9. The van der Waals surface area contributed by atoms with Crippen molar-refractivity contribution in [2.24, 2.45) is 5.73 Å². The average Bonchev–Trinajstić information content (AvgIpc) is 2.42. The van der Waals surface area contributed by atoms with Gasteiger partial charge in [0.05, 0.1) is 0 Å². The summed E-state index contributed by atoms with van der Waals surface area (Å²) < 4.78 is 0. The highest BCUT2D eigenvalue weighted by molar-refractivity contribution is 6.85. The molecule has 0 saturated heterocycles. The lowest BCUT2D eigenvalue weighted by Gasteiger charge is -2.15. The highest BCUT2D eigenvalue weighted by Gasteiger charge is 2.15. The third-order valence-corrected chi connectivity index (χ3v) is 5.79. The molecule has 0 aliphatic heterocycles. The van der Waals surface area contributed by atoms with Gasteiger partial charge in [0, 0.05) is 0 Å². The Morgan fingerprint density at radius 3 is 1.65 bits per heavy atom. The Balaban J connectivity index is 2.26. The van der Waals surface area contributed by atoms with Gasteiger partial charge < -0.3 is 5.73 Å². The maximum Gasteiger partial charge on any atom is 0.121 e. The van der Waals surface area contributed by atoms with E-state index >= 15 is 0 Å². The van der Waals surface area contributed by atoms with E-state index in [4.69, 9.17) is 5.73 Å². The lowest BCUT2D eigenvalue weighted by atomic mass is 10.4. The van der Waals surface area contributed by atoms with E-state index in [0.29, 0.717) is 0 Å². The van der Waals surface area contributed by atoms with Crippen LogP contribution in [-0.4, -0.2) is 15.3 Å². The van der Waals surface area contributed by atoms with Crippen LogP contribution in [0.2, 0.25) is 6.04 Å². The van der Waals surface area contributed by atoms with E-state index in [0.717, 1.165) is 13.0 Å². The van der Waals surface area contributed by atoms with Crippen molar-refractivity contribution >= 4 is 19.2 Å². The maximum absolute atomic E-state index is 5.65. The fourth-order valence-corrected chi connectivity index (χ4v) is 4.67. The standard InChI is InChI=1S/C15H18NSi/c16-12-7-13-17(14-8-3-1-4-9-14)15-10-5-2-6-11-15/h1-6,8-11H,7,12-13,16H2. The van der Waals surface area contributed by atoms with Gasteiger partial charge in [-0.15, -0.1) is 0 Å².